The van der Waals surface area contributed by atoms with E-state index >= 15 is 0 Å². The van der Waals surface area contributed by atoms with Crippen molar-refractivity contribution in [2.75, 3.05) is 18.0 Å². The van der Waals surface area contributed by atoms with E-state index in [1.807, 2.05) is 18.3 Å². The molecule has 0 amide bonds. The summed E-state index contributed by atoms with van der Waals surface area (Å²) < 4.78 is 0. The maximum Gasteiger partial charge on any atom is 0.141 e. The van der Waals surface area contributed by atoms with E-state index in [4.69, 9.17) is 9.97 Å². The molecule has 21 heavy (non-hydrogen) atoms. The number of rotatable bonds is 1. The summed E-state index contributed by atoms with van der Waals surface area (Å²) in [5.41, 5.74) is 1.58. The molecular weight excluding hydrogens is 278 g/mol. The summed E-state index contributed by atoms with van der Waals surface area (Å²) in [4.78, 5) is 14.9. The van der Waals surface area contributed by atoms with Gasteiger partial charge in [0.1, 0.15) is 16.5 Å². The van der Waals surface area contributed by atoms with Crippen LogP contribution in [0.25, 0.3) is 10.2 Å². The molecule has 4 rings (SSSR count). The van der Waals surface area contributed by atoms with Gasteiger partial charge in [0.25, 0.3) is 0 Å². The Bertz CT molecular complexity index is 656. The second-order valence-corrected chi connectivity index (χ2v) is 7.47. The van der Waals surface area contributed by atoms with E-state index in [0.717, 1.165) is 18.9 Å². The Morgan fingerprint density at radius 1 is 0.905 bits per heavy atom. The van der Waals surface area contributed by atoms with Crippen molar-refractivity contribution in [1.29, 1.82) is 0 Å². The molecule has 0 N–H and O–H groups in total. The standard InChI is InChI=1S/C17H23N3S/c1-12-18-16(20-10-6-3-7-11-20)15-13-8-4-2-5-9-14(13)21-17(15)19-12/h2-11H2,1H3. The van der Waals surface area contributed by atoms with Crippen LogP contribution in [0.3, 0.4) is 0 Å². The monoisotopic (exact) mass is 301 g/mol. The first-order chi connectivity index (χ1) is 10.3. The Morgan fingerprint density at radius 2 is 1.67 bits per heavy atom. The zero-order valence-corrected chi connectivity index (χ0v) is 13.6. The van der Waals surface area contributed by atoms with Crippen LogP contribution in [0.4, 0.5) is 5.82 Å². The fourth-order valence-corrected chi connectivity index (χ4v) is 5.05. The Balaban J connectivity index is 1.89. The maximum absolute atomic E-state index is 4.86. The Labute approximate surface area is 130 Å². The maximum atomic E-state index is 4.86. The highest BCUT2D eigenvalue weighted by atomic mass is 32.1. The second-order valence-electron chi connectivity index (χ2n) is 6.39. The van der Waals surface area contributed by atoms with Crippen molar-refractivity contribution >= 4 is 27.4 Å². The van der Waals surface area contributed by atoms with E-state index in [-0.39, 0.29) is 0 Å². The fraction of sp³-hybridized carbons (Fsp3) is 0.647. The van der Waals surface area contributed by atoms with Crippen LogP contribution in [-0.4, -0.2) is 23.1 Å². The highest BCUT2D eigenvalue weighted by molar-refractivity contribution is 7.19. The van der Waals surface area contributed by atoms with Gasteiger partial charge in [-0.2, -0.15) is 0 Å². The van der Waals surface area contributed by atoms with Gasteiger partial charge in [-0.25, -0.2) is 9.97 Å². The summed E-state index contributed by atoms with van der Waals surface area (Å²) in [6.45, 7) is 4.37. The van der Waals surface area contributed by atoms with E-state index < -0.39 is 0 Å². The van der Waals surface area contributed by atoms with Crippen LogP contribution in [-0.2, 0) is 12.8 Å². The highest BCUT2D eigenvalue weighted by Gasteiger charge is 2.23. The van der Waals surface area contributed by atoms with Crippen LogP contribution in [0.5, 0.6) is 0 Å². The lowest BCUT2D eigenvalue weighted by Crippen LogP contribution is -2.30. The zero-order chi connectivity index (χ0) is 14.2. The smallest absolute Gasteiger partial charge is 0.141 e. The molecule has 2 aliphatic rings. The lowest BCUT2D eigenvalue weighted by Gasteiger charge is -2.28. The molecule has 1 aliphatic heterocycles. The van der Waals surface area contributed by atoms with Crippen LogP contribution >= 0.6 is 11.3 Å². The number of piperidine rings is 1. The molecule has 3 nitrogen and oxygen atoms in total. The van der Waals surface area contributed by atoms with Crippen LogP contribution in [0, 0.1) is 6.92 Å². The van der Waals surface area contributed by atoms with E-state index in [1.54, 1.807) is 10.4 Å². The molecule has 3 heterocycles. The Hall–Kier alpha value is -1.16. The lowest BCUT2D eigenvalue weighted by atomic mass is 10.1. The molecule has 112 valence electrons. The molecule has 4 heteroatoms. The summed E-state index contributed by atoms with van der Waals surface area (Å²) >= 11 is 1.93. The predicted octanol–water partition coefficient (Wildman–Crippen LogP) is 4.26. The van der Waals surface area contributed by atoms with Crippen LogP contribution in [0.2, 0.25) is 0 Å². The third kappa shape index (κ3) is 2.44. The fourth-order valence-electron chi connectivity index (χ4n) is 3.75. The molecule has 0 aromatic carbocycles. The van der Waals surface area contributed by atoms with Gasteiger partial charge < -0.3 is 4.90 Å². The normalized spacial score (nSPS) is 19.6. The van der Waals surface area contributed by atoms with Gasteiger partial charge in [0, 0.05) is 18.0 Å². The first kappa shape index (κ1) is 13.5. The largest absolute Gasteiger partial charge is 0.356 e. The number of hydrogen-bond acceptors (Lipinski definition) is 4. The SMILES string of the molecule is Cc1nc(N2CCCCC2)c2c3c(sc2n1)CCCCC3. The van der Waals surface area contributed by atoms with Gasteiger partial charge in [-0.05, 0) is 57.4 Å². The number of hydrogen-bond donors (Lipinski definition) is 0. The molecule has 0 unspecified atom stereocenters. The molecule has 0 bridgehead atoms. The van der Waals surface area contributed by atoms with Crippen LogP contribution in [0.1, 0.15) is 54.8 Å². The summed E-state index contributed by atoms with van der Waals surface area (Å²) in [6.07, 6.45) is 10.5. The van der Waals surface area contributed by atoms with E-state index in [0.29, 0.717) is 0 Å². The number of aryl methyl sites for hydroxylation is 3. The van der Waals surface area contributed by atoms with Gasteiger partial charge in [0.15, 0.2) is 0 Å². The lowest BCUT2D eigenvalue weighted by molar-refractivity contribution is 0.574. The average molecular weight is 301 g/mol. The number of thiophene rings is 1. The summed E-state index contributed by atoms with van der Waals surface area (Å²) in [5, 5.41) is 1.39. The minimum atomic E-state index is 0.930. The molecule has 2 aromatic heterocycles. The molecule has 2 aromatic rings. The Morgan fingerprint density at radius 3 is 2.52 bits per heavy atom. The van der Waals surface area contributed by atoms with Gasteiger partial charge in [0.05, 0.1) is 5.39 Å². The summed E-state index contributed by atoms with van der Waals surface area (Å²) in [7, 11) is 0. The first-order valence-electron chi connectivity index (χ1n) is 8.37. The number of anilines is 1. The van der Waals surface area contributed by atoms with Gasteiger partial charge in [0.2, 0.25) is 0 Å². The van der Waals surface area contributed by atoms with E-state index in [9.17, 15) is 0 Å². The van der Waals surface area contributed by atoms with Crippen molar-refractivity contribution in [3.8, 4) is 0 Å². The van der Waals surface area contributed by atoms with Crippen LogP contribution in [0.15, 0.2) is 0 Å². The van der Waals surface area contributed by atoms with Gasteiger partial charge in [-0.1, -0.05) is 6.42 Å². The van der Waals surface area contributed by atoms with Crippen molar-refractivity contribution in [1.82, 2.24) is 9.97 Å². The second kappa shape index (κ2) is 5.56. The minimum Gasteiger partial charge on any atom is -0.356 e. The van der Waals surface area contributed by atoms with E-state index in [2.05, 4.69) is 4.90 Å². The molecule has 0 radical (unpaired) electrons. The van der Waals surface area contributed by atoms with Crippen molar-refractivity contribution in [2.45, 2.75) is 58.3 Å². The van der Waals surface area contributed by atoms with Crippen molar-refractivity contribution < 1.29 is 0 Å². The van der Waals surface area contributed by atoms with Gasteiger partial charge >= 0.3 is 0 Å². The third-order valence-corrected chi connectivity index (χ3v) is 6.00. The molecule has 0 atom stereocenters. The minimum absolute atomic E-state index is 0.930. The zero-order valence-electron chi connectivity index (χ0n) is 12.8. The van der Waals surface area contributed by atoms with Gasteiger partial charge in [-0.15, -0.1) is 11.3 Å². The van der Waals surface area contributed by atoms with Crippen molar-refractivity contribution in [2.24, 2.45) is 0 Å². The number of fused-ring (bicyclic) bond motifs is 3. The van der Waals surface area contributed by atoms with E-state index in [1.165, 1.54) is 67.4 Å². The summed E-state index contributed by atoms with van der Waals surface area (Å²) in [6, 6.07) is 0. The quantitative estimate of drug-likeness (QED) is 0.737. The van der Waals surface area contributed by atoms with Gasteiger partial charge in [-0.3, -0.25) is 0 Å². The third-order valence-electron chi connectivity index (χ3n) is 4.81. The molecule has 0 spiro atoms. The predicted molar refractivity (Wildman–Crippen MR) is 89.5 cm³/mol. The first-order valence-corrected chi connectivity index (χ1v) is 9.18. The number of aromatic nitrogens is 2. The van der Waals surface area contributed by atoms with Crippen molar-refractivity contribution in [3.63, 3.8) is 0 Å². The average Bonchev–Trinajstić information content (AvgIpc) is 2.68. The Kier molecular flexibility index (Phi) is 3.57. The molecule has 1 saturated heterocycles. The molecule has 0 saturated carbocycles. The molecule has 1 aliphatic carbocycles. The van der Waals surface area contributed by atoms with Crippen LogP contribution < -0.4 is 4.90 Å². The van der Waals surface area contributed by atoms with Crippen molar-refractivity contribution in [3.05, 3.63) is 16.3 Å². The number of nitrogens with zero attached hydrogens (tertiary/aromatic N) is 3. The topological polar surface area (TPSA) is 29.0 Å². The molecular formula is C17H23N3S. The highest BCUT2D eigenvalue weighted by Crippen LogP contribution is 2.39. The molecule has 1 fully saturated rings. The summed E-state index contributed by atoms with van der Waals surface area (Å²) in [5.74, 6) is 2.16.